The molecular weight excluding hydrogens is 831 g/mol. The highest BCUT2D eigenvalue weighted by Crippen LogP contribution is 2.39. The maximum absolute atomic E-state index is 14.2. The van der Waals surface area contributed by atoms with Gasteiger partial charge in [0.1, 0.15) is 29.6 Å². The lowest BCUT2D eigenvalue weighted by atomic mass is 9.89. The minimum atomic E-state index is -1.28. The zero-order valence-corrected chi connectivity index (χ0v) is 39.8. The number of aliphatic hydroxyl groups excluding tert-OH is 1. The SMILES string of the molecule is CCCCCCCCCCCCCCCC(=O)N(C)[C@H](CO)C(=O)N[C@H](C)C(=O)CCC(=O)N(C)[C@@H]1C(=O)C[C@@H](C)C(=O)N[C@H](C(=O)N(C)C)Cc2ccc(O)c(c2)-c2cc1ccc2O. The Morgan fingerprint density at radius 3 is 1.86 bits per heavy atom. The first-order chi connectivity index (χ1) is 30.9. The van der Waals surface area contributed by atoms with E-state index >= 15 is 0 Å². The Morgan fingerprint density at radius 2 is 1.29 bits per heavy atom. The standard InChI is InChI=1S/C50H75N5O10/c1-8-9-10-11-12-13-14-15-16-17-18-19-20-21-45(61)54(6)40(32-56)49(64)51-34(3)41(57)26-27-46(62)55(7)47-36-23-25-43(59)38(31-36)37-29-35(22-24-42(37)58)30-39(50(65)53(4)5)52-48(63)33(2)28-44(47)60/h22-25,29,31,33-34,39-40,47,56,58-59H,8-21,26-28,30,32H2,1-7H3,(H,51,64)(H,52,63)/t33-,34-,39+,40-,47+/m1/s1. The first kappa shape index (κ1) is 54.0. The smallest absolute Gasteiger partial charge is 0.245 e. The fourth-order valence-electron chi connectivity index (χ4n) is 8.24. The molecule has 5 atom stereocenters. The summed E-state index contributed by atoms with van der Waals surface area (Å²) in [6.45, 7) is 4.57. The Hall–Kier alpha value is -5.31. The van der Waals surface area contributed by atoms with Gasteiger partial charge in [0.15, 0.2) is 11.6 Å². The van der Waals surface area contributed by atoms with Crippen LogP contribution in [0.5, 0.6) is 11.5 Å². The zero-order valence-electron chi connectivity index (χ0n) is 39.8. The van der Waals surface area contributed by atoms with Crippen LogP contribution in [-0.4, -0.2) is 124 Å². The number of phenolic OH excluding ortho intramolecular Hbond substituents is 2. The van der Waals surface area contributed by atoms with E-state index < -0.39 is 66.0 Å². The molecule has 0 aliphatic carbocycles. The molecule has 1 heterocycles. The molecule has 65 heavy (non-hydrogen) atoms. The summed E-state index contributed by atoms with van der Waals surface area (Å²) in [7, 11) is 5.95. The number of hydrogen-bond acceptors (Lipinski definition) is 10. The van der Waals surface area contributed by atoms with Crippen LogP contribution in [0, 0.1) is 5.92 Å². The van der Waals surface area contributed by atoms with E-state index in [0.717, 1.165) is 19.3 Å². The molecule has 15 nitrogen and oxygen atoms in total. The van der Waals surface area contributed by atoms with Crippen LogP contribution in [0.15, 0.2) is 36.4 Å². The van der Waals surface area contributed by atoms with Gasteiger partial charge in [-0.3, -0.25) is 33.6 Å². The maximum atomic E-state index is 14.2. The fraction of sp³-hybridized carbons (Fsp3) is 0.620. The average molecular weight is 906 g/mol. The summed E-state index contributed by atoms with van der Waals surface area (Å²) in [5, 5.41) is 37.3. The van der Waals surface area contributed by atoms with E-state index in [9.17, 15) is 48.9 Å². The summed E-state index contributed by atoms with van der Waals surface area (Å²) in [5.41, 5.74) is 1.22. The number of carbonyl (C=O) groups excluding carboxylic acids is 7. The third-order valence-electron chi connectivity index (χ3n) is 12.5. The number of Topliss-reactive ketones (excluding diaryl/α,β-unsaturated/α-hetero) is 2. The molecule has 3 rings (SSSR count). The molecule has 2 aromatic carbocycles. The number of hydrogen-bond donors (Lipinski definition) is 5. The minimum Gasteiger partial charge on any atom is -0.507 e. The number of nitrogens with one attached hydrogen (secondary N) is 2. The maximum Gasteiger partial charge on any atom is 0.245 e. The quantitative estimate of drug-likeness (QED) is 0.0759. The molecule has 1 aliphatic rings. The van der Waals surface area contributed by atoms with Crippen molar-refractivity contribution in [2.45, 2.75) is 161 Å². The molecule has 0 aromatic heterocycles. The van der Waals surface area contributed by atoms with Crippen LogP contribution in [0.2, 0.25) is 0 Å². The zero-order chi connectivity index (χ0) is 48.2. The van der Waals surface area contributed by atoms with Crippen molar-refractivity contribution in [3.8, 4) is 22.6 Å². The molecule has 2 aromatic rings. The van der Waals surface area contributed by atoms with Crippen LogP contribution >= 0.6 is 0 Å². The highest BCUT2D eigenvalue weighted by molar-refractivity contribution is 5.97. The van der Waals surface area contributed by atoms with Crippen LogP contribution in [0.1, 0.15) is 147 Å². The summed E-state index contributed by atoms with van der Waals surface area (Å²) in [6.07, 6.45) is 14.6. The van der Waals surface area contributed by atoms with Gasteiger partial charge < -0.3 is 40.7 Å². The number of phenols is 2. The van der Waals surface area contributed by atoms with E-state index in [4.69, 9.17) is 0 Å². The number of unbranched alkanes of at least 4 members (excludes halogenated alkanes) is 12. The average Bonchev–Trinajstić information content (AvgIpc) is 3.27. The third kappa shape index (κ3) is 16.6. The summed E-state index contributed by atoms with van der Waals surface area (Å²) < 4.78 is 0. The molecule has 0 saturated carbocycles. The van der Waals surface area contributed by atoms with Crippen LogP contribution < -0.4 is 10.6 Å². The molecule has 0 spiro atoms. The van der Waals surface area contributed by atoms with Crippen molar-refractivity contribution in [2.75, 3.05) is 34.8 Å². The summed E-state index contributed by atoms with van der Waals surface area (Å²) in [6, 6.07) is 4.33. The second-order valence-electron chi connectivity index (χ2n) is 18.0. The number of amides is 5. The molecule has 1 aliphatic heterocycles. The second-order valence-corrected chi connectivity index (χ2v) is 18.0. The molecule has 5 amide bonds. The van der Waals surface area contributed by atoms with Gasteiger partial charge in [-0.15, -0.1) is 0 Å². The van der Waals surface area contributed by atoms with Gasteiger partial charge in [0.2, 0.25) is 29.5 Å². The van der Waals surface area contributed by atoms with Gasteiger partial charge in [-0.1, -0.05) is 103 Å². The molecule has 15 heteroatoms. The lowest BCUT2D eigenvalue weighted by Gasteiger charge is -2.30. The lowest BCUT2D eigenvalue weighted by molar-refractivity contribution is -0.142. The van der Waals surface area contributed by atoms with E-state index in [1.54, 1.807) is 33.2 Å². The summed E-state index contributed by atoms with van der Waals surface area (Å²) in [4.78, 5) is 97.8. The Balaban J connectivity index is 1.63. The first-order valence-corrected chi connectivity index (χ1v) is 23.6. The molecule has 4 bridgehead atoms. The minimum absolute atomic E-state index is 0.0658. The molecular formula is C50H75N5O10. The predicted octanol–water partition coefficient (Wildman–Crippen LogP) is 6.14. The van der Waals surface area contributed by atoms with Gasteiger partial charge in [0.25, 0.3) is 0 Å². The molecule has 0 saturated heterocycles. The highest BCUT2D eigenvalue weighted by Gasteiger charge is 2.34. The largest absolute Gasteiger partial charge is 0.507 e. The molecule has 0 radical (unpaired) electrons. The van der Waals surface area contributed by atoms with E-state index in [2.05, 4.69) is 17.6 Å². The van der Waals surface area contributed by atoms with Crippen molar-refractivity contribution in [2.24, 2.45) is 5.92 Å². The van der Waals surface area contributed by atoms with Crippen molar-refractivity contribution >= 4 is 41.1 Å². The number of fused-ring (bicyclic) bond motifs is 5. The van der Waals surface area contributed by atoms with E-state index in [0.29, 0.717) is 12.0 Å². The Bertz CT molecular complexity index is 1940. The van der Waals surface area contributed by atoms with E-state index in [1.165, 1.54) is 118 Å². The number of likely N-dealkylation sites (N-methyl/N-ethyl adjacent to an activating group) is 3. The number of aromatic hydroxyl groups is 2. The van der Waals surface area contributed by atoms with Crippen molar-refractivity contribution in [1.82, 2.24) is 25.3 Å². The first-order valence-electron chi connectivity index (χ1n) is 23.6. The van der Waals surface area contributed by atoms with Crippen molar-refractivity contribution in [3.63, 3.8) is 0 Å². The molecule has 360 valence electrons. The van der Waals surface area contributed by atoms with E-state index in [-0.39, 0.29) is 72.1 Å². The normalized spacial score (nSPS) is 17.3. The monoisotopic (exact) mass is 906 g/mol. The van der Waals surface area contributed by atoms with E-state index in [1.807, 2.05) is 0 Å². The Labute approximate surface area is 385 Å². The topological polar surface area (TPSA) is 214 Å². The van der Waals surface area contributed by atoms with Gasteiger partial charge >= 0.3 is 0 Å². The van der Waals surface area contributed by atoms with Crippen LogP contribution in [0.25, 0.3) is 11.1 Å². The number of carbonyl (C=O) groups is 7. The molecule has 0 fully saturated rings. The fourth-order valence-corrected chi connectivity index (χ4v) is 8.24. The van der Waals surface area contributed by atoms with Gasteiger partial charge in [-0.05, 0) is 48.7 Å². The third-order valence-corrected chi connectivity index (χ3v) is 12.5. The van der Waals surface area contributed by atoms with Gasteiger partial charge in [0.05, 0.1) is 12.6 Å². The van der Waals surface area contributed by atoms with Crippen molar-refractivity contribution in [3.05, 3.63) is 47.5 Å². The number of rotatable bonds is 24. The molecule has 0 unspecified atom stereocenters. The number of benzene rings is 2. The second kappa shape index (κ2) is 27.2. The number of nitrogens with zero attached hydrogens (tertiary/aromatic N) is 3. The summed E-state index contributed by atoms with van der Waals surface area (Å²) in [5.74, 6) is -4.88. The van der Waals surface area contributed by atoms with Crippen molar-refractivity contribution < 1.29 is 48.9 Å². The highest BCUT2D eigenvalue weighted by atomic mass is 16.3. The Morgan fingerprint density at radius 1 is 0.738 bits per heavy atom. The molecule has 5 N–H and O–H groups in total. The Kier molecular flexibility index (Phi) is 22.6. The van der Waals surface area contributed by atoms with Crippen LogP contribution in [0.4, 0.5) is 0 Å². The van der Waals surface area contributed by atoms with Gasteiger partial charge in [0, 0.05) is 77.3 Å². The lowest BCUT2D eigenvalue weighted by Crippen LogP contribution is -2.53. The predicted molar refractivity (Wildman–Crippen MR) is 250 cm³/mol. The van der Waals surface area contributed by atoms with Crippen molar-refractivity contribution in [1.29, 1.82) is 0 Å². The number of aliphatic hydroxyl groups is 1. The van der Waals surface area contributed by atoms with Gasteiger partial charge in [-0.2, -0.15) is 0 Å². The van der Waals surface area contributed by atoms with Crippen LogP contribution in [-0.2, 0) is 40.0 Å². The van der Waals surface area contributed by atoms with Crippen LogP contribution in [0.3, 0.4) is 0 Å². The number of ketones is 2. The van der Waals surface area contributed by atoms with Gasteiger partial charge in [-0.25, -0.2) is 0 Å². The summed E-state index contributed by atoms with van der Waals surface area (Å²) >= 11 is 0.